The summed E-state index contributed by atoms with van der Waals surface area (Å²) in [6.07, 6.45) is 0.583. The Bertz CT molecular complexity index is 1280. The molecule has 6 nitrogen and oxygen atoms in total. The lowest BCUT2D eigenvalue weighted by Crippen LogP contribution is -2.34. The van der Waals surface area contributed by atoms with Crippen molar-refractivity contribution in [2.45, 2.75) is 13.3 Å². The van der Waals surface area contributed by atoms with Gasteiger partial charge in [0.15, 0.2) is 0 Å². The number of hydrogen-bond acceptors (Lipinski definition) is 6. The molecule has 0 amide bonds. The summed E-state index contributed by atoms with van der Waals surface area (Å²) in [6, 6.07) is 36.9. The molecule has 4 aromatic rings. The zero-order chi connectivity index (χ0) is 26.8. The third-order valence-electron chi connectivity index (χ3n) is 5.21. The number of hydrogen-bond donors (Lipinski definition) is 0. The van der Waals surface area contributed by atoms with Gasteiger partial charge in [-0.3, -0.25) is 4.52 Å². The van der Waals surface area contributed by atoms with E-state index in [1.54, 1.807) is 24.3 Å². The molecule has 4 aromatic carbocycles. The molecular formula is C29H27N2O4PS2. The Morgan fingerprint density at radius 2 is 0.974 bits per heavy atom. The lowest BCUT2D eigenvalue weighted by Gasteiger charge is -2.31. The van der Waals surface area contributed by atoms with Gasteiger partial charge in [0.1, 0.15) is 9.98 Å². The maximum atomic E-state index is 14.3. The topological polar surface area (TPSA) is 51.2 Å². The summed E-state index contributed by atoms with van der Waals surface area (Å²) < 4.78 is 32.3. The quantitative estimate of drug-likeness (QED) is 0.103. The molecule has 0 aliphatic rings. The second kappa shape index (κ2) is 13.5. The van der Waals surface area contributed by atoms with E-state index >= 15 is 0 Å². The van der Waals surface area contributed by atoms with Gasteiger partial charge >= 0.3 is 7.82 Å². The molecule has 0 heterocycles. The van der Waals surface area contributed by atoms with Crippen molar-refractivity contribution in [1.82, 2.24) is 0 Å². The predicted molar refractivity (Wildman–Crippen MR) is 160 cm³/mol. The predicted octanol–water partition coefficient (Wildman–Crippen LogP) is 8.15. The van der Waals surface area contributed by atoms with Gasteiger partial charge in [0.2, 0.25) is 0 Å². The Morgan fingerprint density at radius 1 is 0.632 bits per heavy atom. The molecular weight excluding hydrogens is 535 g/mol. The minimum absolute atomic E-state index is 0.124. The second-order valence-corrected chi connectivity index (χ2v) is 10.3. The van der Waals surface area contributed by atoms with E-state index < -0.39 is 7.82 Å². The molecule has 0 aliphatic heterocycles. The van der Waals surface area contributed by atoms with Crippen molar-refractivity contribution in [2.75, 3.05) is 16.7 Å². The number of anilines is 2. The number of phosphoric acid groups is 1. The van der Waals surface area contributed by atoms with E-state index in [1.165, 1.54) is 10.1 Å². The van der Waals surface area contributed by atoms with Crippen LogP contribution in [0.4, 0.5) is 11.4 Å². The number of thiocarbonyl (C=S) groups is 2. The van der Waals surface area contributed by atoms with Gasteiger partial charge in [-0.2, -0.15) is 19.4 Å². The molecule has 0 bridgehead atoms. The minimum Gasteiger partial charge on any atom is -0.284 e. The number of rotatable bonds is 11. The normalized spacial score (nSPS) is 11.1. The van der Waals surface area contributed by atoms with Crippen molar-refractivity contribution in [3.05, 3.63) is 132 Å². The zero-order valence-corrected chi connectivity index (χ0v) is 23.3. The standard InChI is InChI=1S/C29H27N2O4PS2/c1-2-23-33-36(32,34-30(26-19-11-5-12-20-26)28(37)24-15-7-3-8-16-24)35-31(27-21-13-6-14-22-27)29(38)25-17-9-4-10-18-25/h3-22H,2,23H2,1H3. The maximum Gasteiger partial charge on any atom is 0.518 e. The number of nitrogens with zero attached hydrogens (tertiary/aromatic N) is 2. The number of para-hydroxylation sites is 2. The van der Waals surface area contributed by atoms with E-state index in [0.717, 1.165) is 0 Å². The van der Waals surface area contributed by atoms with Crippen LogP contribution in [0.5, 0.6) is 0 Å². The highest BCUT2D eigenvalue weighted by atomic mass is 32.1. The van der Waals surface area contributed by atoms with Gasteiger partial charge in [-0.15, -0.1) is 0 Å². The van der Waals surface area contributed by atoms with Gasteiger partial charge in [-0.1, -0.05) is 128 Å². The molecule has 38 heavy (non-hydrogen) atoms. The largest absolute Gasteiger partial charge is 0.518 e. The van der Waals surface area contributed by atoms with E-state index in [2.05, 4.69) is 0 Å². The van der Waals surface area contributed by atoms with Crippen LogP contribution in [0, 0.1) is 0 Å². The third-order valence-corrected chi connectivity index (χ3v) is 7.24. The summed E-state index contributed by atoms with van der Waals surface area (Å²) >= 11 is 11.5. The fourth-order valence-electron chi connectivity index (χ4n) is 3.39. The monoisotopic (exact) mass is 562 g/mol. The maximum absolute atomic E-state index is 14.3. The fourth-order valence-corrected chi connectivity index (χ4v) is 5.34. The summed E-state index contributed by atoms with van der Waals surface area (Å²) in [7, 11) is -4.35. The van der Waals surface area contributed by atoms with E-state index in [1.807, 2.05) is 104 Å². The third kappa shape index (κ3) is 7.20. The fraction of sp³-hybridized carbons (Fsp3) is 0.103. The highest BCUT2D eigenvalue weighted by Gasteiger charge is 2.37. The summed E-state index contributed by atoms with van der Waals surface area (Å²) in [5.74, 6) is 0. The molecule has 0 fully saturated rings. The highest BCUT2D eigenvalue weighted by molar-refractivity contribution is 7.81. The Labute approximate surface area is 233 Å². The van der Waals surface area contributed by atoms with E-state index in [0.29, 0.717) is 28.9 Å². The second-order valence-electron chi connectivity index (χ2n) is 8.05. The van der Waals surface area contributed by atoms with Crippen molar-refractivity contribution in [1.29, 1.82) is 0 Å². The van der Waals surface area contributed by atoms with Crippen LogP contribution in [-0.4, -0.2) is 16.6 Å². The van der Waals surface area contributed by atoms with Crippen LogP contribution in [0.25, 0.3) is 0 Å². The first-order valence-corrected chi connectivity index (χ1v) is 14.3. The molecule has 194 valence electrons. The molecule has 0 saturated heterocycles. The van der Waals surface area contributed by atoms with Crippen LogP contribution in [-0.2, 0) is 18.3 Å². The molecule has 0 saturated carbocycles. The van der Waals surface area contributed by atoms with E-state index in [-0.39, 0.29) is 16.6 Å². The van der Waals surface area contributed by atoms with E-state index in [9.17, 15) is 4.57 Å². The van der Waals surface area contributed by atoms with Crippen LogP contribution >= 0.6 is 32.3 Å². The Morgan fingerprint density at radius 3 is 1.32 bits per heavy atom. The lowest BCUT2D eigenvalue weighted by molar-refractivity contribution is 0.119. The van der Waals surface area contributed by atoms with Gasteiger partial charge in [0.25, 0.3) is 0 Å². The first kappa shape index (κ1) is 27.8. The molecule has 0 aromatic heterocycles. The minimum atomic E-state index is -4.35. The van der Waals surface area contributed by atoms with Crippen LogP contribution in [0.2, 0.25) is 0 Å². The first-order valence-electron chi connectivity index (χ1n) is 12.0. The van der Waals surface area contributed by atoms with Gasteiger partial charge in [0.05, 0.1) is 18.0 Å². The zero-order valence-electron chi connectivity index (χ0n) is 20.8. The molecule has 0 N–H and O–H groups in total. The van der Waals surface area contributed by atoms with Gasteiger partial charge in [0, 0.05) is 11.1 Å². The smallest absolute Gasteiger partial charge is 0.284 e. The Kier molecular flexibility index (Phi) is 9.90. The van der Waals surface area contributed by atoms with Crippen LogP contribution in [0.3, 0.4) is 0 Å². The summed E-state index contributed by atoms with van der Waals surface area (Å²) in [5, 5.41) is 2.60. The molecule has 9 heteroatoms. The average Bonchev–Trinajstić information content (AvgIpc) is 2.99. The van der Waals surface area contributed by atoms with Crippen molar-refractivity contribution in [3.8, 4) is 0 Å². The summed E-state index contributed by atoms with van der Waals surface area (Å²) in [5.41, 5.74) is 2.52. The van der Waals surface area contributed by atoms with E-state index in [4.69, 9.17) is 38.2 Å². The van der Waals surface area contributed by atoms with Gasteiger partial charge in [-0.25, -0.2) is 4.57 Å². The molecule has 0 spiro atoms. The van der Waals surface area contributed by atoms with Gasteiger partial charge < -0.3 is 0 Å². The van der Waals surface area contributed by atoms with Crippen molar-refractivity contribution in [3.63, 3.8) is 0 Å². The average molecular weight is 563 g/mol. The Hall–Kier alpha value is -3.23. The van der Waals surface area contributed by atoms with Crippen molar-refractivity contribution < 1.29 is 18.3 Å². The molecule has 0 unspecified atom stereocenters. The first-order chi connectivity index (χ1) is 18.5. The Balaban J connectivity index is 1.73. The molecule has 0 aliphatic carbocycles. The SMILES string of the molecule is CCCOP(=O)(ON(C(=S)c1ccccc1)c1ccccc1)ON(C(=S)c1ccccc1)c1ccccc1. The molecule has 0 radical (unpaired) electrons. The number of hydroxylamine groups is 2. The van der Waals surface area contributed by atoms with Gasteiger partial charge in [-0.05, 0) is 30.7 Å². The summed E-state index contributed by atoms with van der Waals surface area (Å²) in [4.78, 5) is 0.579. The van der Waals surface area contributed by atoms with Crippen molar-refractivity contribution in [2.24, 2.45) is 0 Å². The van der Waals surface area contributed by atoms with Crippen LogP contribution in [0.1, 0.15) is 24.5 Å². The molecule has 0 atom stereocenters. The van der Waals surface area contributed by atoms with Crippen LogP contribution < -0.4 is 10.1 Å². The highest BCUT2D eigenvalue weighted by Crippen LogP contribution is 2.53. The lowest BCUT2D eigenvalue weighted by atomic mass is 10.2. The van der Waals surface area contributed by atoms with Crippen LogP contribution in [0.15, 0.2) is 121 Å². The molecule has 4 rings (SSSR count). The summed E-state index contributed by atoms with van der Waals surface area (Å²) in [6.45, 7) is 2.02. The van der Waals surface area contributed by atoms with Crippen molar-refractivity contribution >= 4 is 53.6 Å². The number of benzene rings is 4.